The van der Waals surface area contributed by atoms with Gasteiger partial charge in [0.2, 0.25) is 0 Å². The van der Waals surface area contributed by atoms with Crippen molar-refractivity contribution in [3.63, 3.8) is 0 Å². The van der Waals surface area contributed by atoms with E-state index in [-0.39, 0.29) is 12.1 Å². The molecule has 0 fully saturated rings. The van der Waals surface area contributed by atoms with Gasteiger partial charge >= 0.3 is 0 Å². The molecule has 0 saturated carbocycles. The molecule has 0 aliphatic carbocycles. The first-order chi connectivity index (χ1) is 15.0. The Labute approximate surface area is 182 Å². The van der Waals surface area contributed by atoms with E-state index in [0.29, 0.717) is 0 Å². The quantitative estimate of drug-likeness (QED) is 0.327. The van der Waals surface area contributed by atoms with Gasteiger partial charge in [-0.25, -0.2) is 0 Å². The van der Waals surface area contributed by atoms with Gasteiger partial charge in [-0.2, -0.15) is 0 Å². The molecule has 0 radical (unpaired) electrons. The van der Waals surface area contributed by atoms with Crippen molar-refractivity contribution in [2.75, 3.05) is 0 Å². The molecule has 31 heavy (non-hydrogen) atoms. The summed E-state index contributed by atoms with van der Waals surface area (Å²) in [4.78, 5) is 0. The molecule has 0 spiro atoms. The molecule has 0 amide bonds. The zero-order valence-electron chi connectivity index (χ0n) is 17.9. The third kappa shape index (κ3) is 2.14. The van der Waals surface area contributed by atoms with Crippen LogP contribution in [0.3, 0.4) is 0 Å². The van der Waals surface area contributed by atoms with Crippen molar-refractivity contribution in [1.82, 2.24) is 4.57 Å². The summed E-state index contributed by atoms with van der Waals surface area (Å²) in [5, 5.41) is 2.63. The van der Waals surface area contributed by atoms with Crippen LogP contribution in [0.5, 0.6) is 11.5 Å². The zero-order chi connectivity index (χ0) is 20.9. The number of aromatic nitrogens is 1. The maximum absolute atomic E-state index is 6.55. The maximum Gasteiger partial charge on any atom is 0.256 e. The number of nitrogens with zero attached hydrogens (tertiary/aromatic N) is 1. The lowest BCUT2D eigenvalue weighted by atomic mass is 9.34. The van der Waals surface area contributed by atoms with E-state index in [1.54, 1.807) is 0 Å². The van der Waals surface area contributed by atoms with Crippen molar-refractivity contribution in [1.29, 1.82) is 0 Å². The Morgan fingerprint density at radius 3 is 2.42 bits per heavy atom. The average molecular weight is 399 g/mol. The molecule has 2 aliphatic heterocycles. The molecule has 0 atom stereocenters. The van der Waals surface area contributed by atoms with Crippen LogP contribution in [-0.4, -0.2) is 11.3 Å². The van der Waals surface area contributed by atoms with E-state index >= 15 is 0 Å². The highest BCUT2D eigenvalue weighted by atomic mass is 16.5. The summed E-state index contributed by atoms with van der Waals surface area (Å²) in [7, 11) is 0. The molecule has 0 unspecified atom stereocenters. The molecule has 148 valence electrons. The van der Waals surface area contributed by atoms with Crippen molar-refractivity contribution >= 4 is 44.9 Å². The maximum atomic E-state index is 6.55. The summed E-state index contributed by atoms with van der Waals surface area (Å²) >= 11 is 0. The molecule has 0 N–H and O–H groups in total. The summed E-state index contributed by atoms with van der Waals surface area (Å²) in [6.45, 7) is 6.94. The SMILES string of the molecule is CC(C)(C)c1ccc2c(c1)Oc1cccc3c1B2c1cccc2c4ccccc4n-3c12. The van der Waals surface area contributed by atoms with E-state index in [1.165, 1.54) is 49.4 Å². The Kier molecular flexibility index (Phi) is 3.12. The summed E-state index contributed by atoms with van der Waals surface area (Å²) in [5.41, 5.74) is 9.10. The van der Waals surface area contributed by atoms with Crippen LogP contribution in [0.15, 0.2) is 78.9 Å². The first-order valence-electron chi connectivity index (χ1n) is 11.0. The fraction of sp³-hybridized carbons (Fsp3) is 0.143. The van der Waals surface area contributed by atoms with Crippen LogP contribution in [0.4, 0.5) is 0 Å². The summed E-state index contributed by atoms with van der Waals surface area (Å²) in [6.07, 6.45) is 0. The first-order valence-corrected chi connectivity index (χ1v) is 11.0. The standard InChI is InChI=1S/C28H22BNO/c1-28(2,3)17-14-15-20-25(16-17)31-24-13-7-12-23-26(24)29(20)21-10-6-9-19-18-8-4-5-11-22(18)30(23)27(19)21/h4-16H,1-3H3. The van der Waals surface area contributed by atoms with Crippen LogP contribution in [0.25, 0.3) is 27.5 Å². The van der Waals surface area contributed by atoms with Crippen molar-refractivity contribution in [2.24, 2.45) is 0 Å². The first kappa shape index (κ1) is 17.2. The summed E-state index contributed by atoms with van der Waals surface area (Å²) in [5.74, 6) is 1.96. The molecule has 1 aromatic heterocycles. The van der Waals surface area contributed by atoms with Gasteiger partial charge in [0.15, 0.2) is 0 Å². The molecule has 2 aliphatic rings. The Morgan fingerprint density at radius 1 is 0.742 bits per heavy atom. The highest BCUT2D eigenvalue weighted by Gasteiger charge is 2.40. The van der Waals surface area contributed by atoms with Crippen LogP contribution < -0.4 is 21.1 Å². The van der Waals surface area contributed by atoms with Crippen LogP contribution in [0, 0.1) is 0 Å². The highest BCUT2D eigenvalue weighted by Crippen LogP contribution is 2.37. The van der Waals surface area contributed by atoms with Crippen molar-refractivity contribution in [3.8, 4) is 17.2 Å². The predicted molar refractivity (Wildman–Crippen MR) is 131 cm³/mol. The number of fused-ring (bicyclic) bond motifs is 7. The molecular weight excluding hydrogens is 377 g/mol. The Morgan fingerprint density at radius 2 is 1.55 bits per heavy atom. The van der Waals surface area contributed by atoms with Gasteiger partial charge < -0.3 is 9.30 Å². The van der Waals surface area contributed by atoms with E-state index < -0.39 is 0 Å². The van der Waals surface area contributed by atoms with Crippen LogP contribution in [-0.2, 0) is 5.41 Å². The van der Waals surface area contributed by atoms with Crippen LogP contribution >= 0.6 is 0 Å². The average Bonchev–Trinajstić information content (AvgIpc) is 3.11. The van der Waals surface area contributed by atoms with Gasteiger partial charge in [0.25, 0.3) is 6.71 Å². The van der Waals surface area contributed by atoms with Gasteiger partial charge in [0.05, 0.1) is 5.52 Å². The van der Waals surface area contributed by atoms with Crippen molar-refractivity contribution in [3.05, 3.63) is 84.4 Å². The normalized spacial score (nSPS) is 13.8. The summed E-state index contributed by atoms with van der Waals surface area (Å²) < 4.78 is 8.98. The van der Waals surface area contributed by atoms with Gasteiger partial charge in [-0.05, 0) is 51.6 Å². The monoisotopic (exact) mass is 399 g/mol. The Hall–Kier alpha value is -3.46. The fourth-order valence-electron chi connectivity index (χ4n) is 5.56. The molecule has 0 saturated heterocycles. The number of hydrogen-bond donors (Lipinski definition) is 0. The number of hydrogen-bond acceptors (Lipinski definition) is 1. The second-order valence-electron chi connectivity index (χ2n) is 9.82. The van der Waals surface area contributed by atoms with E-state index in [1.807, 2.05) is 0 Å². The topological polar surface area (TPSA) is 14.2 Å². The smallest absolute Gasteiger partial charge is 0.256 e. The minimum absolute atomic E-state index is 0.0829. The molecule has 2 nitrogen and oxygen atoms in total. The lowest BCUT2D eigenvalue weighted by Crippen LogP contribution is -2.58. The number of ether oxygens (including phenoxy) is 1. The molecule has 7 rings (SSSR count). The Balaban J connectivity index is 1.63. The molecule has 0 bridgehead atoms. The Bertz CT molecular complexity index is 1550. The lowest BCUT2D eigenvalue weighted by Gasteiger charge is -2.34. The van der Waals surface area contributed by atoms with E-state index in [2.05, 4.69) is 104 Å². The molecule has 5 aromatic rings. The fourth-order valence-corrected chi connectivity index (χ4v) is 5.56. The minimum atomic E-state index is 0.0829. The predicted octanol–water partition coefficient (Wildman–Crippen LogP) is 5.02. The summed E-state index contributed by atoms with van der Waals surface area (Å²) in [6, 6.07) is 28.8. The number of rotatable bonds is 0. The van der Waals surface area contributed by atoms with Crippen LogP contribution in [0.2, 0.25) is 0 Å². The van der Waals surface area contributed by atoms with Crippen molar-refractivity contribution in [2.45, 2.75) is 26.2 Å². The number of benzene rings is 4. The second-order valence-corrected chi connectivity index (χ2v) is 9.82. The minimum Gasteiger partial charge on any atom is -0.458 e. The third-order valence-electron chi connectivity index (χ3n) is 7.02. The molecular formula is C28H22BNO. The van der Waals surface area contributed by atoms with Gasteiger partial charge in [-0.1, -0.05) is 75.4 Å². The molecule has 3 heterocycles. The van der Waals surface area contributed by atoms with Crippen LogP contribution in [0.1, 0.15) is 26.3 Å². The number of para-hydroxylation sites is 2. The zero-order valence-corrected chi connectivity index (χ0v) is 17.9. The van der Waals surface area contributed by atoms with Gasteiger partial charge in [-0.15, -0.1) is 0 Å². The lowest BCUT2D eigenvalue weighted by molar-refractivity contribution is 0.483. The van der Waals surface area contributed by atoms with E-state index in [0.717, 1.165) is 11.5 Å². The van der Waals surface area contributed by atoms with E-state index in [9.17, 15) is 0 Å². The van der Waals surface area contributed by atoms with Gasteiger partial charge in [0, 0.05) is 22.0 Å². The van der Waals surface area contributed by atoms with Crippen molar-refractivity contribution < 1.29 is 4.74 Å². The third-order valence-corrected chi connectivity index (χ3v) is 7.02. The second kappa shape index (κ2) is 5.61. The van der Waals surface area contributed by atoms with Gasteiger partial charge in [-0.3, -0.25) is 0 Å². The molecule has 4 aromatic carbocycles. The largest absolute Gasteiger partial charge is 0.458 e. The highest BCUT2D eigenvalue weighted by molar-refractivity contribution is 6.99. The van der Waals surface area contributed by atoms with E-state index in [4.69, 9.17) is 4.74 Å². The van der Waals surface area contributed by atoms with Gasteiger partial charge in [0.1, 0.15) is 11.5 Å². The molecule has 3 heteroatoms.